The van der Waals surface area contributed by atoms with E-state index < -0.39 is 0 Å². The molecular formula is C16H23N3O3S. The lowest BCUT2D eigenvalue weighted by molar-refractivity contribution is -0.118. The number of fused-ring (bicyclic) bond motifs is 1. The van der Waals surface area contributed by atoms with Crippen molar-refractivity contribution in [3.05, 3.63) is 21.7 Å². The molecule has 0 spiro atoms. The largest absolute Gasteiger partial charge is 0.396 e. The maximum absolute atomic E-state index is 12.3. The third-order valence-electron chi connectivity index (χ3n) is 4.27. The van der Waals surface area contributed by atoms with E-state index in [9.17, 15) is 9.59 Å². The van der Waals surface area contributed by atoms with Gasteiger partial charge in [0.05, 0.1) is 5.75 Å². The van der Waals surface area contributed by atoms with Gasteiger partial charge in [-0.05, 0) is 44.9 Å². The molecule has 2 N–H and O–H groups in total. The van der Waals surface area contributed by atoms with E-state index >= 15 is 0 Å². The van der Waals surface area contributed by atoms with Gasteiger partial charge < -0.3 is 10.4 Å². The normalized spacial score (nSPS) is 16.9. The Hall–Kier alpha value is -1.34. The van der Waals surface area contributed by atoms with Crippen molar-refractivity contribution in [1.82, 2.24) is 14.9 Å². The number of carbonyl (C=O) groups excluding carboxylic acids is 1. The summed E-state index contributed by atoms with van der Waals surface area (Å²) in [5, 5.41) is 12.7. The second-order valence-electron chi connectivity index (χ2n) is 6.19. The fourth-order valence-electron chi connectivity index (χ4n) is 2.96. The zero-order chi connectivity index (χ0) is 16.2. The highest BCUT2D eigenvalue weighted by molar-refractivity contribution is 7.99. The van der Waals surface area contributed by atoms with Gasteiger partial charge in [-0.25, -0.2) is 4.79 Å². The summed E-state index contributed by atoms with van der Waals surface area (Å²) in [6.07, 6.45) is 6.66. The Morgan fingerprint density at radius 1 is 1.35 bits per heavy atom. The van der Waals surface area contributed by atoms with Crippen LogP contribution < -0.4 is 11.0 Å². The molecule has 1 heterocycles. The second kappa shape index (κ2) is 7.49. The van der Waals surface area contributed by atoms with Crippen molar-refractivity contribution in [3.63, 3.8) is 0 Å². The molecule has 126 valence electrons. The van der Waals surface area contributed by atoms with Crippen molar-refractivity contribution < 1.29 is 9.90 Å². The first-order valence-electron chi connectivity index (χ1n) is 8.34. The SMILES string of the molecule is O=C(CSc1nc(=O)n(CCCO)c2c1CCCC2)NC1CC1. The molecule has 7 heteroatoms. The van der Waals surface area contributed by atoms with Gasteiger partial charge in [-0.3, -0.25) is 9.36 Å². The molecule has 3 rings (SSSR count). The molecule has 0 atom stereocenters. The number of hydrogen-bond acceptors (Lipinski definition) is 5. The minimum absolute atomic E-state index is 0.0216. The van der Waals surface area contributed by atoms with Gasteiger partial charge >= 0.3 is 5.69 Å². The summed E-state index contributed by atoms with van der Waals surface area (Å²) in [7, 11) is 0. The Labute approximate surface area is 139 Å². The summed E-state index contributed by atoms with van der Waals surface area (Å²) in [5.74, 6) is 0.337. The van der Waals surface area contributed by atoms with Gasteiger partial charge in [0.1, 0.15) is 5.03 Å². The van der Waals surface area contributed by atoms with Crippen LogP contribution in [0, 0.1) is 0 Å². The quantitative estimate of drug-likeness (QED) is 0.570. The summed E-state index contributed by atoms with van der Waals surface area (Å²) >= 11 is 1.37. The number of hydrogen-bond donors (Lipinski definition) is 2. The summed E-state index contributed by atoms with van der Waals surface area (Å²) in [6.45, 7) is 0.580. The maximum Gasteiger partial charge on any atom is 0.348 e. The number of thioether (sulfide) groups is 1. The molecule has 1 aromatic rings. The van der Waals surface area contributed by atoms with Crippen LogP contribution in [0.15, 0.2) is 9.82 Å². The molecule has 1 aromatic heterocycles. The monoisotopic (exact) mass is 337 g/mol. The van der Waals surface area contributed by atoms with Gasteiger partial charge in [0.25, 0.3) is 0 Å². The molecule has 23 heavy (non-hydrogen) atoms. The van der Waals surface area contributed by atoms with Gasteiger partial charge in [-0.15, -0.1) is 0 Å². The topological polar surface area (TPSA) is 84.2 Å². The first-order valence-corrected chi connectivity index (χ1v) is 9.33. The highest BCUT2D eigenvalue weighted by Gasteiger charge is 2.24. The van der Waals surface area contributed by atoms with E-state index in [2.05, 4.69) is 10.3 Å². The standard InChI is InChI=1S/C16H23N3O3S/c20-9-3-8-19-13-5-2-1-4-12(13)15(18-16(19)22)23-10-14(21)17-11-6-7-11/h11,20H,1-10H2,(H,17,21). The van der Waals surface area contributed by atoms with Gasteiger partial charge in [-0.1, -0.05) is 11.8 Å². The number of rotatable bonds is 7. The molecule has 0 saturated heterocycles. The van der Waals surface area contributed by atoms with Crippen LogP contribution in [0.4, 0.5) is 0 Å². The summed E-state index contributed by atoms with van der Waals surface area (Å²) in [6, 6.07) is 0.358. The number of nitrogens with zero attached hydrogens (tertiary/aromatic N) is 2. The van der Waals surface area contributed by atoms with Crippen LogP contribution in [0.25, 0.3) is 0 Å². The zero-order valence-corrected chi connectivity index (χ0v) is 14.0. The molecule has 2 aliphatic carbocycles. The molecule has 6 nitrogen and oxygen atoms in total. The number of nitrogens with one attached hydrogen (secondary N) is 1. The molecular weight excluding hydrogens is 314 g/mol. The lowest BCUT2D eigenvalue weighted by atomic mass is 9.97. The van der Waals surface area contributed by atoms with Gasteiger partial charge in [0, 0.05) is 30.5 Å². The fourth-order valence-corrected chi connectivity index (χ4v) is 3.85. The Morgan fingerprint density at radius 2 is 2.13 bits per heavy atom. The molecule has 1 saturated carbocycles. The van der Waals surface area contributed by atoms with Crippen molar-refractivity contribution in [2.45, 2.75) is 62.6 Å². The van der Waals surface area contributed by atoms with Crippen LogP contribution in [0.1, 0.15) is 43.4 Å². The Kier molecular flexibility index (Phi) is 5.38. The smallest absolute Gasteiger partial charge is 0.348 e. The average molecular weight is 337 g/mol. The molecule has 0 aromatic carbocycles. The first kappa shape index (κ1) is 16.5. The maximum atomic E-state index is 12.3. The predicted molar refractivity (Wildman–Crippen MR) is 88.7 cm³/mol. The Balaban J connectivity index is 1.77. The van der Waals surface area contributed by atoms with Crippen molar-refractivity contribution >= 4 is 17.7 Å². The van der Waals surface area contributed by atoms with Crippen LogP contribution in [0.3, 0.4) is 0 Å². The Morgan fingerprint density at radius 3 is 2.87 bits per heavy atom. The van der Waals surface area contributed by atoms with Crippen LogP contribution in [0.5, 0.6) is 0 Å². The molecule has 1 fully saturated rings. The highest BCUT2D eigenvalue weighted by atomic mass is 32.2. The van der Waals surface area contributed by atoms with E-state index in [-0.39, 0.29) is 18.2 Å². The summed E-state index contributed by atoms with van der Waals surface area (Å²) < 4.78 is 1.71. The minimum Gasteiger partial charge on any atom is -0.396 e. The van der Waals surface area contributed by atoms with E-state index in [1.165, 1.54) is 11.8 Å². The predicted octanol–water partition coefficient (Wildman–Crippen LogP) is 0.875. The molecule has 0 aliphatic heterocycles. The zero-order valence-electron chi connectivity index (χ0n) is 13.2. The van der Waals surface area contributed by atoms with Crippen LogP contribution in [-0.4, -0.2) is 39.0 Å². The van der Waals surface area contributed by atoms with Crippen molar-refractivity contribution in [2.24, 2.45) is 0 Å². The molecule has 1 amide bonds. The molecule has 0 unspecified atom stereocenters. The minimum atomic E-state index is -0.260. The summed E-state index contributed by atoms with van der Waals surface area (Å²) in [4.78, 5) is 28.4. The lowest BCUT2D eigenvalue weighted by Gasteiger charge is -2.22. The van der Waals surface area contributed by atoms with Crippen LogP contribution >= 0.6 is 11.8 Å². The van der Waals surface area contributed by atoms with Crippen LogP contribution in [-0.2, 0) is 24.2 Å². The number of aliphatic hydroxyl groups is 1. The highest BCUT2D eigenvalue weighted by Crippen LogP contribution is 2.28. The van der Waals surface area contributed by atoms with Crippen molar-refractivity contribution in [3.8, 4) is 0 Å². The van der Waals surface area contributed by atoms with Crippen LogP contribution in [0.2, 0.25) is 0 Å². The summed E-state index contributed by atoms with van der Waals surface area (Å²) in [5.41, 5.74) is 1.91. The third-order valence-corrected chi connectivity index (χ3v) is 5.29. The van der Waals surface area contributed by atoms with E-state index in [0.717, 1.165) is 54.8 Å². The van der Waals surface area contributed by atoms with E-state index in [1.54, 1.807) is 4.57 Å². The molecule has 0 bridgehead atoms. The van der Waals surface area contributed by atoms with E-state index in [1.807, 2.05) is 0 Å². The molecule has 2 aliphatic rings. The number of aliphatic hydroxyl groups excluding tert-OH is 1. The molecule has 0 radical (unpaired) electrons. The van der Waals surface area contributed by atoms with Crippen molar-refractivity contribution in [1.29, 1.82) is 0 Å². The number of aromatic nitrogens is 2. The van der Waals surface area contributed by atoms with Gasteiger partial charge in [0.2, 0.25) is 5.91 Å². The van der Waals surface area contributed by atoms with Gasteiger partial charge in [-0.2, -0.15) is 4.98 Å². The number of carbonyl (C=O) groups is 1. The fraction of sp³-hybridized carbons (Fsp3) is 0.688. The number of amides is 1. The van der Waals surface area contributed by atoms with E-state index in [0.29, 0.717) is 24.8 Å². The van der Waals surface area contributed by atoms with E-state index in [4.69, 9.17) is 5.11 Å². The average Bonchev–Trinajstić information content (AvgIpc) is 3.36. The second-order valence-corrected chi connectivity index (χ2v) is 7.16. The van der Waals surface area contributed by atoms with Crippen molar-refractivity contribution in [2.75, 3.05) is 12.4 Å². The first-order chi connectivity index (χ1) is 11.2. The third kappa shape index (κ3) is 4.14. The lowest BCUT2D eigenvalue weighted by Crippen LogP contribution is -2.31. The van der Waals surface area contributed by atoms with Gasteiger partial charge in [0.15, 0.2) is 0 Å². The Bertz CT molecular complexity index is 640.